The zero-order chi connectivity index (χ0) is 19.7. The summed E-state index contributed by atoms with van der Waals surface area (Å²) in [5.74, 6) is 0.557. The highest BCUT2D eigenvalue weighted by molar-refractivity contribution is 6.06. The lowest BCUT2D eigenvalue weighted by Gasteiger charge is -2.10. The molecule has 0 saturated heterocycles. The molecule has 28 heavy (non-hydrogen) atoms. The van der Waals surface area contributed by atoms with Gasteiger partial charge in [0.2, 0.25) is 0 Å². The molecule has 3 aromatic heterocycles. The Balaban J connectivity index is 1.62. The zero-order valence-electron chi connectivity index (χ0n) is 15.9. The SMILES string of the molecule is Cc1noc2nc(C(C)C)cc(C(=O)NCc3nncn3-c3ccccc3)c12. The lowest BCUT2D eigenvalue weighted by Crippen LogP contribution is -2.25. The number of para-hydroxylation sites is 1. The van der Waals surface area contributed by atoms with Gasteiger partial charge in [0, 0.05) is 11.4 Å². The van der Waals surface area contributed by atoms with Gasteiger partial charge in [-0.25, -0.2) is 4.98 Å². The minimum absolute atomic E-state index is 0.155. The van der Waals surface area contributed by atoms with Crippen LogP contribution in [0.4, 0.5) is 0 Å². The molecule has 0 radical (unpaired) electrons. The van der Waals surface area contributed by atoms with Gasteiger partial charge >= 0.3 is 0 Å². The van der Waals surface area contributed by atoms with E-state index >= 15 is 0 Å². The molecule has 142 valence electrons. The Kier molecular flexibility index (Phi) is 4.60. The third-order valence-corrected chi connectivity index (χ3v) is 4.53. The molecule has 0 aliphatic rings. The molecule has 0 aliphatic heterocycles. The number of amides is 1. The van der Waals surface area contributed by atoms with Crippen LogP contribution in [0.1, 0.15) is 47.3 Å². The molecule has 8 heteroatoms. The first-order chi connectivity index (χ1) is 13.5. The number of pyridine rings is 1. The van der Waals surface area contributed by atoms with E-state index in [0.717, 1.165) is 11.4 Å². The Hall–Kier alpha value is -3.55. The Morgan fingerprint density at radius 1 is 1.25 bits per heavy atom. The number of carbonyl (C=O) groups is 1. The van der Waals surface area contributed by atoms with Gasteiger partial charge in [-0.15, -0.1) is 10.2 Å². The molecule has 4 aromatic rings. The summed E-state index contributed by atoms with van der Waals surface area (Å²) >= 11 is 0. The standard InChI is InChI=1S/C20H20N6O2/c1-12(2)16-9-15(18-13(3)25-28-20(18)23-16)19(27)21-10-17-24-22-11-26(17)14-7-5-4-6-8-14/h4-9,11-12H,10H2,1-3H3,(H,21,27). The molecular formula is C20H20N6O2. The largest absolute Gasteiger partial charge is 0.345 e. The van der Waals surface area contributed by atoms with Crippen molar-refractivity contribution in [2.24, 2.45) is 0 Å². The molecule has 1 N–H and O–H groups in total. The minimum atomic E-state index is -0.233. The topological polar surface area (TPSA) is 98.7 Å². The van der Waals surface area contributed by atoms with Crippen molar-refractivity contribution in [3.05, 3.63) is 65.5 Å². The quantitative estimate of drug-likeness (QED) is 0.574. The normalized spacial score (nSPS) is 11.3. The molecular weight excluding hydrogens is 356 g/mol. The Labute approximate surface area is 161 Å². The van der Waals surface area contributed by atoms with Crippen LogP contribution in [0.5, 0.6) is 0 Å². The number of hydrogen-bond acceptors (Lipinski definition) is 6. The van der Waals surface area contributed by atoms with Crippen LogP contribution >= 0.6 is 0 Å². The summed E-state index contributed by atoms with van der Waals surface area (Å²) in [6.45, 7) is 6.06. The Morgan fingerprint density at radius 2 is 2.04 bits per heavy atom. The fourth-order valence-electron chi connectivity index (χ4n) is 3.03. The maximum atomic E-state index is 13.0. The van der Waals surface area contributed by atoms with E-state index in [2.05, 4.69) is 25.7 Å². The number of hydrogen-bond donors (Lipinski definition) is 1. The van der Waals surface area contributed by atoms with Gasteiger partial charge in [-0.05, 0) is 31.0 Å². The van der Waals surface area contributed by atoms with Gasteiger partial charge in [0.15, 0.2) is 5.82 Å². The molecule has 1 amide bonds. The van der Waals surface area contributed by atoms with Crippen LogP contribution in [0.15, 0.2) is 47.2 Å². The van der Waals surface area contributed by atoms with Crippen molar-refractivity contribution < 1.29 is 9.32 Å². The first-order valence-corrected chi connectivity index (χ1v) is 9.04. The van der Waals surface area contributed by atoms with E-state index in [-0.39, 0.29) is 18.4 Å². The average molecular weight is 376 g/mol. The second-order valence-electron chi connectivity index (χ2n) is 6.83. The summed E-state index contributed by atoms with van der Waals surface area (Å²) in [4.78, 5) is 17.4. The summed E-state index contributed by atoms with van der Waals surface area (Å²) in [7, 11) is 0. The number of nitrogens with one attached hydrogen (secondary N) is 1. The molecule has 8 nitrogen and oxygen atoms in total. The smallest absolute Gasteiger partial charge is 0.259 e. The van der Waals surface area contributed by atoms with E-state index in [1.807, 2.05) is 48.7 Å². The van der Waals surface area contributed by atoms with Crippen molar-refractivity contribution in [2.75, 3.05) is 0 Å². The minimum Gasteiger partial charge on any atom is -0.345 e. The maximum absolute atomic E-state index is 13.0. The van der Waals surface area contributed by atoms with Crippen LogP contribution in [-0.4, -0.2) is 30.8 Å². The fourth-order valence-corrected chi connectivity index (χ4v) is 3.03. The van der Waals surface area contributed by atoms with E-state index in [1.54, 1.807) is 19.3 Å². The second-order valence-corrected chi connectivity index (χ2v) is 6.83. The molecule has 0 aliphatic carbocycles. The monoisotopic (exact) mass is 376 g/mol. The van der Waals surface area contributed by atoms with Gasteiger partial charge < -0.3 is 9.84 Å². The lowest BCUT2D eigenvalue weighted by molar-refractivity contribution is 0.0951. The van der Waals surface area contributed by atoms with E-state index < -0.39 is 0 Å². The highest BCUT2D eigenvalue weighted by Crippen LogP contribution is 2.25. The van der Waals surface area contributed by atoms with Crippen molar-refractivity contribution in [3.8, 4) is 5.69 Å². The first-order valence-electron chi connectivity index (χ1n) is 9.04. The number of carbonyl (C=O) groups excluding carboxylic acids is 1. The molecule has 0 spiro atoms. The van der Waals surface area contributed by atoms with E-state index in [9.17, 15) is 4.79 Å². The zero-order valence-corrected chi connectivity index (χ0v) is 15.9. The number of fused-ring (bicyclic) bond motifs is 1. The predicted molar refractivity (Wildman–Crippen MR) is 103 cm³/mol. The number of nitrogens with zero attached hydrogens (tertiary/aromatic N) is 5. The van der Waals surface area contributed by atoms with Crippen LogP contribution in [0, 0.1) is 6.92 Å². The summed E-state index contributed by atoms with van der Waals surface area (Å²) < 4.78 is 7.13. The number of rotatable bonds is 5. The third-order valence-electron chi connectivity index (χ3n) is 4.53. The number of aromatic nitrogens is 5. The number of aryl methyl sites for hydroxylation is 1. The van der Waals surface area contributed by atoms with Crippen LogP contribution in [0.3, 0.4) is 0 Å². The van der Waals surface area contributed by atoms with Crippen LogP contribution in [0.2, 0.25) is 0 Å². The summed E-state index contributed by atoms with van der Waals surface area (Å²) in [5.41, 5.74) is 3.22. The van der Waals surface area contributed by atoms with E-state index in [0.29, 0.717) is 28.2 Å². The molecule has 0 saturated carbocycles. The summed E-state index contributed by atoms with van der Waals surface area (Å²) in [6.07, 6.45) is 1.63. The van der Waals surface area contributed by atoms with Gasteiger partial charge in [-0.1, -0.05) is 37.2 Å². The molecule has 1 aromatic carbocycles. The third kappa shape index (κ3) is 3.24. The van der Waals surface area contributed by atoms with Gasteiger partial charge in [0.1, 0.15) is 6.33 Å². The average Bonchev–Trinajstić information content (AvgIpc) is 3.33. The van der Waals surface area contributed by atoms with Crippen LogP contribution in [-0.2, 0) is 6.54 Å². The van der Waals surface area contributed by atoms with Gasteiger partial charge in [-0.2, -0.15) is 0 Å². The summed E-state index contributed by atoms with van der Waals surface area (Å²) in [5, 5.41) is 15.6. The number of benzene rings is 1. The lowest BCUT2D eigenvalue weighted by atomic mass is 10.0. The van der Waals surface area contributed by atoms with E-state index in [1.165, 1.54) is 0 Å². The molecule has 0 unspecified atom stereocenters. The Bertz CT molecular complexity index is 1130. The van der Waals surface area contributed by atoms with Crippen molar-refractivity contribution in [3.63, 3.8) is 0 Å². The summed E-state index contributed by atoms with van der Waals surface area (Å²) in [6, 6.07) is 11.5. The molecule has 0 bridgehead atoms. The predicted octanol–water partition coefficient (Wildman–Crippen LogP) is 3.17. The van der Waals surface area contributed by atoms with Crippen molar-refractivity contribution in [1.29, 1.82) is 0 Å². The Morgan fingerprint density at radius 3 is 2.79 bits per heavy atom. The maximum Gasteiger partial charge on any atom is 0.259 e. The van der Waals surface area contributed by atoms with Crippen molar-refractivity contribution in [2.45, 2.75) is 33.2 Å². The molecule has 0 atom stereocenters. The molecule has 3 heterocycles. The highest BCUT2D eigenvalue weighted by atomic mass is 16.5. The van der Waals surface area contributed by atoms with Gasteiger partial charge in [0.05, 0.1) is 23.2 Å². The van der Waals surface area contributed by atoms with Gasteiger partial charge in [-0.3, -0.25) is 9.36 Å². The van der Waals surface area contributed by atoms with Crippen molar-refractivity contribution >= 4 is 17.0 Å². The van der Waals surface area contributed by atoms with Crippen LogP contribution in [0.25, 0.3) is 16.8 Å². The fraction of sp³-hybridized carbons (Fsp3) is 0.250. The van der Waals surface area contributed by atoms with Crippen LogP contribution < -0.4 is 5.32 Å². The van der Waals surface area contributed by atoms with Gasteiger partial charge in [0.25, 0.3) is 11.6 Å². The molecule has 0 fully saturated rings. The first kappa shape index (κ1) is 17.8. The highest BCUT2D eigenvalue weighted by Gasteiger charge is 2.20. The molecule has 4 rings (SSSR count). The van der Waals surface area contributed by atoms with Crippen molar-refractivity contribution in [1.82, 2.24) is 30.2 Å². The second kappa shape index (κ2) is 7.22. The van der Waals surface area contributed by atoms with E-state index in [4.69, 9.17) is 4.52 Å².